The highest BCUT2D eigenvalue weighted by Gasteiger charge is 2.20. The zero-order chi connectivity index (χ0) is 14.8. The van der Waals surface area contributed by atoms with E-state index in [9.17, 15) is 8.42 Å². The second-order valence-electron chi connectivity index (χ2n) is 4.61. The Bertz CT molecular complexity index is 691. The first kappa shape index (κ1) is 14.6. The van der Waals surface area contributed by atoms with Crippen LogP contribution in [0.1, 0.15) is 16.8 Å². The molecule has 0 unspecified atom stereocenters. The van der Waals surface area contributed by atoms with Gasteiger partial charge in [-0.3, -0.25) is 0 Å². The highest BCUT2D eigenvalue weighted by molar-refractivity contribution is 7.89. The number of aromatic amines is 1. The fourth-order valence-corrected chi connectivity index (χ4v) is 3.10. The van der Waals surface area contributed by atoms with Gasteiger partial charge in [0.1, 0.15) is 10.6 Å². The van der Waals surface area contributed by atoms with Crippen molar-refractivity contribution < 1.29 is 13.2 Å². The summed E-state index contributed by atoms with van der Waals surface area (Å²) in [6.07, 6.45) is 1.75. The van der Waals surface area contributed by atoms with Gasteiger partial charge < -0.3 is 9.72 Å². The summed E-state index contributed by atoms with van der Waals surface area (Å²) in [5, 5.41) is 0. The molecule has 0 aliphatic heterocycles. The molecule has 0 saturated carbocycles. The zero-order valence-electron chi connectivity index (χ0n) is 11.7. The summed E-state index contributed by atoms with van der Waals surface area (Å²) >= 11 is 0. The fourth-order valence-electron chi connectivity index (χ4n) is 1.86. The maximum Gasteiger partial charge on any atom is 0.244 e. The smallest absolute Gasteiger partial charge is 0.244 e. The van der Waals surface area contributed by atoms with E-state index in [0.717, 1.165) is 16.8 Å². The highest BCUT2D eigenvalue weighted by Crippen LogP contribution is 2.27. The van der Waals surface area contributed by atoms with Gasteiger partial charge in [0, 0.05) is 11.9 Å². The molecule has 0 fully saturated rings. The van der Waals surface area contributed by atoms with Crippen molar-refractivity contribution in [2.24, 2.45) is 0 Å². The number of nitrogens with one attached hydrogen (secondary N) is 2. The standard InChI is InChI=1S/C14H18N2O3S/c1-10-7-13(19-3)14(8-11(10)2)20(17,18)16-9-12-5-4-6-15-12/h4-8,15-16H,9H2,1-3H3. The van der Waals surface area contributed by atoms with Gasteiger partial charge in [-0.2, -0.15) is 0 Å². The van der Waals surface area contributed by atoms with Gasteiger partial charge in [-0.25, -0.2) is 13.1 Å². The normalized spacial score (nSPS) is 11.6. The summed E-state index contributed by atoms with van der Waals surface area (Å²) in [5.74, 6) is 0.354. The van der Waals surface area contributed by atoms with Crippen LogP contribution in [0.5, 0.6) is 5.75 Å². The lowest BCUT2D eigenvalue weighted by Gasteiger charge is -2.13. The monoisotopic (exact) mass is 294 g/mol. The molecule has 0 radical (unpaired) electrons. The van der Waals surface area contributed by atoms with E-state index in [4.69, 9.17) is 4.74 Å². The molecule has 1 aromatic heterocycles. The zero-order valence-corrected chi connectivity index (χ0v) is 12.5. The van der Waals surface area contributed by atoms with E-state index in [1.54, 1.807) is 18.3 Å². The number of H-pyrrole nitrogens is 1. The third kappa shape index (κ3) is 3.02. The van der Waals surface area contributed by atoms with E-state index in [1.807, 2.05) is 26.0 Å². The highest BCUT2D eigenvalue weighted by atomic mass is 32.2. The van der Waals surface area contributed by atoms with Crippen molar-refractivity contribution in [1.82, 2.24) is 9.71 Å². The first-order valence-electron chi connectivity index (χ1n) is 6.21. The molecular weight excluding hydrogens is 276 g/mol. The van der Waals surface area contributed by atoms with Crippen LogP contribution in [0.3, 0.4) is 0 Å². The van der Waals surface area contributed by atoms with Crippen LogP contribution in [-0.4, -0.2) is 20.5 Å². The second kappa shape index (κ2) is 5.68. The van der Waals surface area contributed by atoms with E-state index < -0.39 is 10.0 Å². The predicted octanol–water partition coefficient (Wildman–Crippen LogP) is 2.12. The van der Waals surface area contributed by atoms with Gasteiger partial charge >= 0.3 is 0 Å². The summed E-state index contributed by atoms with van der Waals surface area (Å²) in [6.45, 7) is 4.00. The Morgan fingerprint density at radius 3 is 2.55 bits per heavy atom. The van der Waals surface area contributed by atoms with Gasteiger partial charge in [0.05, 0.1) is 13.7 Å². The Kier molecular flexibility index (Phi) is 4.15. The number of rotatable bonds is 5. The quantitative estimate of drug-likeness (QED) is 0.887. The molecule has 0 aliphatic carbocycles. The molecule has 0 aliphatic rings. The van der Waals surface area contributed by atoms with Crippen LogP contribution in [0.25, 0.3) is 0 Å². The van der Waals surface area contributed by atoms with Gasteiger partial charge in [-0.05, 0) is 49.2 Å². The third-order valence-corrected chi connectivity index (χ3v) is 4.61. The number of aryl methyl sites for hydroxylation is 2. The average molecular weight is 294 g/mol. The Morgan fingerprint density at radius 1 is 1.25 bits per heavy atom. The van der Waals surface area contributed by atoms with Crippen LogP contribution in [0.15, 0.2) is 35.4 Å². The molecule has 0 amide bonds. The third-order valence-electron chi connectivity index (χ3n) is 3.18. The minimum absolute atomic E-state index is 0.162. The van der Waals surface area contributed by atoms with Crippen molar-refractivity contribution in [2.75, 3.05) is 7.11 Å². The number of sulfonamides is 1. The lowest BCUT2D eigenvalue weighted by molar-refractivity contribution is 0.401. The molecule has 0 atom stereocenters. The SMILES string of the molecule is COc1cc(C)c(C)cc1S(=O)(=O)NCc1ccc[nH]1. The summed E-state index contributed by atoms with van der Waals surface area (Å²) in [7, 11) is -2.15. The Balaban J connectivity index is 2.31. The van der Waals surface area contributed by atoms with Gasteiger partial charge in [-0.1, -0.05) is 0 Å². The lowest BCUT2D eigenvalue weighted by atomic mass is 10.1. The molecule has 0 saturated heterocycles. The molecule has 0 bridgehead atoms. The largest absolute Gasteiger partial charge is 0.495 e. The molecule has 5 nitrogen and oxygen atoms in total. The molecule has 108 valence electrons. The van der Waals surface area contributed by atoms with Crippen LogP contribution < -0.4 is 9.46 Å². The second-order valence-corrected chi connectivity index (χ2v) is 6.34. The molecule has 2 aromatic rings. The Labute approximate surface area is 119 Å². The number of ether oxygens (including phenoxy) is 1. The number of hydrogen-bond donors (Lipinski definition) is 2. The summed E-state index contributed by atoms with van der Waals surface area (Å²) in [5.41, 5.74) is 2.70. The van der Waals surface area contributed by atoms with Crippen LogP contribution in [-0.2, 0) is 16.6 Å². The molecular formula is C14H18N2O3S. The maximum absolute atomic E-state index is 12.4. The van der Waals surface area contributed by atoms with Crippen LogP contribution in [0.2, 0.25) is 0 Å². The molecule has 2 N–H and O–H groups in total. The summed E-state index contributed by atoms with van der Waals surface area (Å²) < 4.78 is 32.5. The van der Waals surface area contributed by atoms with Gasteiger partial charge in [-0.15, -0.1) is 0 Å². The van der Waals surface area contributed by atoms with E-state index in [1.165, 1.54) is 7.11 Å². The molecule has 6 heteroatoms. The van der Waals surface area contributed by atoms with E-state index in [0.29, 0.717) is 5.75 Å². The van der Waals surface area contributed by atoms with Crippen LogP contribution >= 0.6 is 0 Å². The minimum Gasteiger partial charge on any atom is -0.495 e. The van der Waals surface area contributed by atoms with Crippen LogP contribution in [0, 0.1) is 13.8 Å². The van der Waals surface area contributed by atoms with E-state index in [2.05, 4.69) is 9.71 Å². The van der Waals surface area contributed by atoms with Crippen molar-refractivity contribution in [3.63, 3.8) is 0 Å². The maximum atomic E-state index is 12.4. The number of methoxy groups -OCH3 is 1. The van der Waals surface area contributed by atoms with Crippen molar-refractivity contribution in [1.29, 1.82) is 0 Å². The lowest BCUT2D eigenvalue weighted by Crippen LogP contribution is -2.24. The van der Waals surface area contributed by atoms with Gasteiger partial charge in [0.25, 0.3) is 0 Å². The summed E-state index contributed by atoms with van der Waals surface area (Å²) in [6, 6.07) is 7.00. The van der Waals surface area contributed by atoms with Crippen molar-refractivity contribution in [2.45, 2.75) is 25.3 Å². The van der Waals surface area contributed by atoms with Crippen molar-refractivity contribution in [3.8, 4) is 5.75 Å². The fraction of sp³-hybridized carbons (Fsp3) is 0.286. The Hall–Kier alpha value is -1.79. The van der Waals surface area contributed by atoms with Gasteiger partial charge in [0.15, 0.2) is 0 Å². The molecule has 20 heavy (non-hydrogen) atoms. The average Bonchev–Trinajstić information content (AvgIpc) is 2.92. The first-order chi connectivity index (χ1) is 9.44. The number of hydrogen-bond acceptors (Lipinski definition) is 3. The molecule has 0 spiro atoms. The Morgan fingerprint density at radius 2 is 1.95 bits per heavy atom. The molecule has 2 rings (SSSR count). The van der Waals surface area contributed by atoms with E-state index in [-0.39, 0.29) is 11.4 Å². The first-order valence-corrected chi connectivity index (χ1v) is 7.69. The molecule has 1 heterocycles. The van der Waals surface area contributed by atoms with Gasteiger partial charge in [0.2, 0.25) is 10.0 Å². The predicted molar refractivity (Wildman–Crippen MR) is 77.3 cm³/mol. The van der Waals surface area contributed by atoms with Crippen molar-refractivity contribution >= 4 is 10.0 Å². The number of benzene rings is 1. The van der Waals surface area contributed by atoms with E-state index >= 15 is 0 Å². The summed E-state index contributed by atoms with van der Waals surface area (Å²) in [4.78, 5) is 3.11. The minimum atomic E-state index is -3.61. The molecule has 1 aromatic carbocycles. The van der Waals surface area contributed by atoms with Crippen LogP contribution in [0.4, 0.5) is 0 Å². The van der Waals surface area contributed by atoms with Crippen molar-refractivity contribution in [3.05, 3.63) is 47.3 Å². The topological polar surface area (TPSA) is 71.2 Å². The number of aromatic nitrogens is 1.